The minimum absolute atomic E-state index is 0.178. The minimum Gasteiger partial charge on any atom is -0.394 e. The Kier molecular flexibility index (Phi) is 30.6. The van der Waals surface area contributed by atoms with Crippen LogP contribution in [0.1, 0.15) is 187 Å². The molecule has 1 rings (SSSR count). The van der Waals surface area contributed by atoms with Crippen molar-refractivity contribution in [2.75, 3.05) is 13.2 Å². The maximum absolute atomic E-state index is 12.9. The van der Waals surface area contributed by atoms with Crippen LogP contribution in [0.5, 0.6) is 0 Å². The van der Waals surface area contributed by atoms with Crippen molar-refractivity contribution in [1.29, 1.82) is 0 Å². The molecule has 50 heavy (non-hydrogen) atoms. The van der Waals surface area contributed by atoms with Gasteiger partial charge in [0.05, 0.1) is 25.4 Å². The minimum atomic E-state index is -1.56. The number of rotatable bonds is 34. The van der Waals surface area contributed by atoms with E-state index in [9.17, 15) is 30.3 Å². The fourth-order valence-corrected chi connectivity index (χ4v) is 6.68. The van der Waals surface area contributed by atoms with Gasteiger partial charge in [0, 0.05) is 6.42 Å². The Bertz CT molecular complexity index is 797. The van der Waals surface area contributed by atoms with Gasteiger partial charge in [0.25, 0.3) is 0 Å². The number of allylic oxidation sites excluding steroid dienone is 1. The third-order valence-electron chi connectivity index (χ3n) is 10.1. The molecule has 7 atom stereocenters. The van der Waals surface area contributed by atoms with Crippen molar-refractivity contribution in [1.82, 2.24) is 5.32 Å². The standard InChI is InChI=1S/C41H79NO8/c1-3-5-7-9-11-13-15-16-17-18-19-21-22-24-26-28-30-35(44)34(33-49-41-40(48)39(47)38(46)36(32-43)50-41)42-37(45)31-29-27-25-23-20-14-12-10-8-6-4-2/h28,30,34-36,38-41,43-44,46-48H,3-27,29,31-33H2,1-2H3,(H,42,45)/b30-28+/t34-,35+,36+,38-,39?,40?,41+/m0/s1. The highest BCUT2D eigenvalue weighted by Gasteiger charge is 2.44. The van der Waals surface area contributed by atoms with Crippen LogP contribution in [-0.4, -0.2) is 87.5 Å². The van der Waals surface area contributed by atoms with Crippen LogP contribution < -0.4 is 5.32 Å². The van der Waals surface area contributed by atoms with Gasteiger partial charge in [-0.2, -0.15) is 0 Å². The highest BCUT2D eigenvalue weighted by atomic mass is 16.7. The summed E-state index contributed by atoms with van der Waals surface area (Å²) < 4.78 is 11.2. The number of carbonyl (C=O) groups excluding carboxylic acids is 1. The first kappa shape index (κ1) is 47.0. The highest BCUT2D eigenvalue weighted by molar-refractivity contribution is 5.76. The maximum Gasteiger partial charge on any atom is 0.220 e. The van der Waals surface area contributed by atoms with Gasteiger partial charge in [-0.1, -0.05) is 174 Å². The van der Waals surface area contributed by atoms with Crippen molar-refractivity contribution in [2.24, 2.45) is 0 Å². The number of hydrogen-bond acceptors (Lipinski definition) is 8. The zero-order valence-corrected chi connectivity index (χ0v) is 32.2. The van der Waals surface area contributed by atoms with Gasteiger partial charge in [-0.3, -0.25) is 4.79 Å². The van der Waals surface area contributed by atoms with E-state index in [1.165, 1.54) is 128 Å². The second-order valence-corrected chi connectivity index (χ2v) is 14.8. The molecule has 0 spiro atoms. The molecule has 1 heterocycles. The first-order chi connectivity index (χ1) is 24.3. The summed E-state index contributed by atoms with van der Waals surface area (Å²) in [6.07, 6.45) is 28.2. The zero-order valence-electron chi connectivity index (χ0n) is 32.2. The van der Waals surface area contributed by atoms with Crippen LogP contribution in [0.15, 0.2) is 12.2 Å². The monoisotopic (exact) mass is 714 g/mol. The number of aliphatic hydroxyl groups excluding tert-OH is 5. The second kappa shape index (κ2) is 32.6. The molecule has 0 aliphatic carbocycles. The van der Waals surface area contributed by atoms with Crippen molar-refractivity contribution in [3.05, 3.63) is 12.2 Å². The third-order valence-corrected chi connectivity index (χ3v) is 10.1. The van der Waals surface area contributed by atoms with Crippen LogP contribution >= 0.6 is 0 Å². The molecule has 1 saturated heterocycles. The molecular formula is C41H79NO8. The van der Waals surface area contributed by atoms with Gasteiger partial charge in [0.1, 0.15) is 24.4 Å². The number of aliphatic hydroxyl groups is 5. The smallest absolute Gasteiger partial charge is 0.220 e. The number of ether oxygens (including phenoxy) is 2. The Morgan fingerprint density at radius 1 is 0.660 bits per heavy atom. The summed E-state index contributed by atoms with van der Waals surface area (Å²) in [5, 5.41) is 54.0. The predicted octanol–water partition coefficient (Wildman–Crippen LogP) is 7.78. The topological polar surface area (TPSA) is 149 Å². The van der Waals surface area contributed by atoms with Gasteiger partial charge in [0.15, 0.2) is 6.29 Å². The molecule has 0 saturated carbocycles. The van der Waals surface area contributed by atoms with Crippen LogP contribution in [-0.2, 0) is 14.3 Å². The van der Waals surface area contributed by atoms with Crippen molar-refractivity contribution >= 4 is 5.91 Å². The molecule has 1 aliphatic heterocycles. The summed E-state index contributed by atoms with van der Waals surface area (Å²) in [5.74, 6) is -0.178. The van der Waals surface area contributed by atoms with E-state index in [-0.39, 0.29) is 12.5 Å². The van der Waals surface area contributed by atoms with Crippen LogP contribution in [0.2, 0.25) is 0 Å². The lowest BCUT2D eigenvalue weighted by Crippen LogP contribution is -2.60. The van der Waals surface area contributed by atoms with E-state index in [0.717, 1.165) is 38.5 Å². The molecule has 6 N–H and O–H groups in total. The van der Waals surface area contributed by atoms with Gasteiger partial charge in [-0.25, -0.2) is 0 Å². The fraction of sp³-hybridized carbons (Fsp3) is 0.927. The molecule has 0 aromatic rings. The highest BCUT2D eigenvalue weighted by Crippen LogP contribution is 2.22. The fourth-order valence-electron chi connectivity index (χ4n) is 6.68. The molecule has 0 radical (unpaired) electrons. The molecule has 296 valence electrons. The van der Waals surface area contributed by atoms with Gasteiger partial charge in [-0.15, -0.1) is 0 Å². The van der Waals surface area contributed by atoms with E-state index in [4.69, 9.17) is 9.47 Å². The summed E-state index contributed by atoms with van der Waals surface area (Å²) in [5.41, 5.74) is 0. The number of nitrogens with one attached hydrogen (secondary N) is 1. The Hall–Kier alpha value is -1.07. The lowest BCUT2D eigenvalue weighted by Gasteiger charge is -2.40. The van der Waals surface area contributed by atoms with Crippen molar-refractivity contribution in [2.45, 2.75) is 230 Å². The number of unbranched alkanes of at least 4 members (excludes halogenated alkanes) is 24. The lowest BCUT2D eigenvalue weighted by molar-refractivity contribution is -0.302. The average Bonchev–Trinajstić information content (AvgIpc) is 3.11. The summed E-state index contributed by atoms with van der Waals surface area (Å²) in [7, 11) is 0. The van der Waals surface area contributed by atoms with Crippen molar-refractivity contribution < 1.29 is 39.8 Å². The SMILES string of the molecule is CCCCCCCCCCCCCCCC/C=C/[C@@H](O)[C@H](CO[C@@H]1O[C@H](CO)[C@H](O)C(O)C1O)NC(=O)CCCCCCCCCCCCC. The number of hydrogen-bond donors (Lipinski definition) is 6. The Balaban J connectivity index is 2.41. The van der Waals surface area contributed by atoms with E-state index in [0.29, 0.717) is 6.42 Å². The number of carbonyl (C=O) groups is 1. The van der Waals surface area contributed by atoms with E-state index in [2.05, 4.69) is 19.2 Å². The molecule has 2 unspecified atom stereocenters. The molecule has 9 heteroatoms. The lowest BCUT2D eigenvalue weighted by atomic mass is 9.99. The second-order valence-electron chi connectivity index (χ2n) is 14.8. The first-order valence-electron chi connectivity index (χ1n) is 20.9. The third kappa shape index (κ3) is 23.5. The quantitative estimate of drug-likeness (QED) is 0.0293. The maximum atomic E-state index is 12.9. The molecule has 1 amide bonds. The van der Waals surface area contributed by atoms with Crippen molar-refractivity contribution in [3.8, 4) is 0 Å². The average molecular weight is 714 g/mol. The summed E-state index contributed by atoms with van der Waals surface area (Å²) in [6, 6.07) is -0.796. The molecule has 0 aromatic heterocycles. The zero-order chi connectivity index (χ0) is 36.7. The molecule has 0 aromatic carbocycles. The van der Waals surface area contributed by atoms with E-state index >= 15 is 0 Å². The van der Waals surface area contributed by atoms with Crippen LogP contribution in [0.4, 0.5) is 0 Å². The van der Waals surface area contributed by atoms with Crippen LogP contribution in [0, 0.1) is 0 Å². The molecule has 9 nitrogen and oxygen atoms in total. The normalized spacial score (nSPS) is 22.3. The molecule has 1 aliphatic rings. The Morgan fingerprint density at radius 3 is 1.56 bits per heavy atom. The number of amides is 1. The Labute approximate surface area is 306 Å². The summed E-state index contributed by atoms with van der Waals surface area (Å²) in [6.45, 7) is 3.75. The summed E-state index contributed by atoms with van der Waals surface area (Å²) in [4.78, 5) is 12.9. The van der Waals surface area contributed by atoms with E-state index < -0.39 is 49.5 Å². The van der Waals surface area contributed by atoms with Gasteiger partial charge in [-0.05, 0) is 19.3 Å². The summed E-state index contributed by atoms with van der Waals surface area (Å²) >= 11 is 0. The van der Waals surface area contributed by atoms with E-state index in [1.54, 1.807) is 6.08 Å². The Morgan fingerprint density at radius 2 is 1.10 bits per heavy atom. The van der Waals surface area contributed by atoms with Gasteiger partial charge < -0.3 is 40.3 Å². The van der Waals surface area contributed by atoms with E-state index in [1.807, 2.05) is 6.08 Å². The van der Waals surface area contributed by atoms with Crippen LogP contribution in [0.25, 0.3) is 0 Å². The van der Waals surface area contributed by atoms with Crippen LogP contribution in [0.3, 0.4) is 0 Å². The molecule has 0 bridgehead atoms. The van der Waals surface area contributed by atoms with Gasteiger partial charge in [0.2, 0.25) is 5.91 Å². The van der Waals surface area contributed by atoms with Crippen molar-refractivity contribution in [3.63, 3.8) is 0 Å². The predicted molar refractivity (Wildman–Crippen MR) is 203 cm³/mol. The molecule has 1 fully saturated rings. The molecular weight excluding hydrogens is 634 g/mol. The first-order valence-corrected chi connectivity index (χ1v) is 20.9. The van der Waals surface area contributed by atoms with Gasteiger partial charge >= 0.3 is 0 Å². The largest absolute Gasteiger partial charge is 0.394 e.